The Hall–Kier alpha value is -1.93. The van der Waals surface area contributed by atoms with Crippen LogP contribution >= 0.6 is 11.8 Å². The molecule has 1 aliphatic carbocycles. The summed E-state index contributed by atoms with van der Waals surface area (Å²) in [6, 6.07) is 4.71. The number of carbonyl (C=O) groups is 1. The molecule has 168 valence electrons. The van der Waals surface area contributed by atoms with E-state index in [1.165, 1.54) is 63.3 Å². The van der Waals surface area contributed by atoms with Gasteiger partial charge in [-0.15, -0.1) is 10.2 Å². The highest BCUT2D eigenvalue weighted by Gasteiger charge is 2.29. The van der Waals surface area contributed by atoms with Crippen LogP contribution in [0, 0.1) is 12.8 Å². The lowest BCUT2D eigenvalue weighted by Gasteiger charge is -2.41. The van der Waals surface area contributed by atoms with Gasteiger partial charge in [0.25, 0.3) is 5.22 Å². The van der Waals surface area contributed by atoms with Gasteiger partial charge in [0.15, 0.2) is 0 Å². The minimum absolute atomic E-state index is 0.111. The summed E-state index contributed by atoms with van der Waals surface area (Å²) < 4.78 is 5.42. The second-order valence-electron chi connectivity index (χ2n) is 8.81. The molecule has 1 saturated carbocycles. The molecule has 2 fully saturated rings. The van der Waals surface area contributed by atoms with Crippen molar-refractivity contribution in [1.29, 1.82) is 0 Å². The van der Waals surface area contributed by atoms with Gasteiger partial charge in [0.2, 0.25) is 11.8 Å². The molecular formula is C23H33N5O2S. The SMILES string of the molecule is Cc1nnc(SCC(=O)N(Cc2cccnc2)C[C@@H]2CCCN(C3CCCCC3)C2)o1. The van der Waals surface area contributed by atoms with E-state index < -0.39 is 0 Å². The first kappa shape index (κ1) is 22.3. The number of piperidine rings is 1. The van der Waals surface area contributed by atoms with E-state index in [4.69, 9.17) is 4.42 Å². The molecule has 0 N–H and O–H groups in total. The number of pyridine rings is 1. The fourth-order valence-corrected chi connectivity index (χ4v) is 5.56. The van der Waals surface area contributed by atoms with Gasteiger partial charge in [0.1, 0.15) is 0 Å². The van der Waals surface area contributed by atoms with Gasteiger partial charge in [-0.25, -0.2) is 0 Å². The standard InChI is InChI=1S/C23H33N5O2S/c1-18-25-26-23(30-18)31-17-22(29)28(14-19-7-5-11-24-13-19)16-20-8-6-12-27(15-20)21-9-3-2-4-10-21/h5,7,11,13,20-21H,2-4,6,8-10,12,14-17H2,1H3/t20-/m1/s1. The van der Waals surface area contributed by atoms with Gasteiger partial charge in [-0.05, 0) is 49.8 Å². The van der Waals surface area contributed by atoms with E-state index in [0.29, 0.717) is 29.3 Å². The summed E-state index contributed by atoms with van der Waals surface area (Å²) in [4.78, 5) is 22.1. The topological polar surface area (TPSA) is 75.4 Å². The molecule has 1 amide bonds. The second kappa shape index (κ2) is 11.1. The van der Waals surface area contributed by atoms with Crippen LogP contribution < -0.4 is 0 Å². The zero-order valence-electron chi connectivity index (χ0n) is 18.4. The van der Waals surface area contributed by atoms with Crippen molar-refractivity contribution in [3.8, 4) is 0 Å². The van der Waals surface area contributed by atoms with Crippen LogP contribution in [0.25, 0.3) is 0 Å². The molecular weight excluding hydrogens is 410 g/mol. The smallest absolute Gasteiger partial charge is 0.277 e. The fraction of sp³-hybridized carbons (Fsp3) is 0.652. The number of hydrogen-bond acceptors (Lipinski definition) is 7. The molecule has 1 saturated heterocycles. The molecule has 0 radical (unpaired) electrons. The lowest BCUT2D eigenvalue weighted by Crippen LogP contribution is -2.47. The van der Waals surface area contributed by atoms with Crippen LogP contribution in [0.4, 0.5) is 0 Å². The third-order valence-electron chi connectivity index (χ3n) is 6.40. The molecule has 8 heteroatoms. The van der Waals surface area contributed by atoms with Gasteiger partial charge in [-0.3, -0.25) is 9.78 Å². The molecule has 1 aliphatic heterocycles. The van der Waals surface area contributed by atoms with E-state index in [-0.39, 0.29) is 5.91 Å². The summed E-state index contributed by atoms with van der Waals surface area (Å²) in [6.07, 6.45) is 12.8. The number of rotatable bonds is 8. The van der Waals surface area contributed by atoms with E-state index in [1.807, 2.05) is 23.2 Å². The predicted octanol–water partition coefficient (Wildman–Crippen LogP) is 3.94. The molecule has 3 heterocycles. The molecule has 4 rings (SSSR count). The van der Waals surface area contributed by atoms with Gasteiger partial charge >= 0.3 is 0 Å². The second-order valence-corrected chi connectivity index (χ2v) is 9.73. The monoisotopic (exact) mass is 443 g/mol. The van der Waals surface area contributed by atoms with Gasteiger partial charge < -0.3 is 14.2 Å². The molecule has 0 spiro atoms. The number of hydrogen-bond donors (Lipinski definition) is 0. The quantitative estimate of drug-likeness (QED) is 0.572. The van der Waals surface area contributed by atoms with Gasteiger partial charge in [-0.2, -0.15) is 0 Å². The van der Waals surface area contributed by atoms with Crippen molar-refractivity contribution in [2.24, 2.45) is 5.92 Å². The van der Waals surface area contributed by atoms with Crippen LogP contribution in [-0.2, 0) is 11.3 Å². The molecule has 0 aromatic carbocycles. The number of thioether (sulfide) groups is 1. The first-order valence-electron chi connectivity index (χ1n) is 11.5. The van der Waals surface area contributed by atoms with Crippen molar-refractivity contribution in [2.45, 2.75) is 69.7 Å². The summed E-state index contributed by atoms with van der Waals surface area (Å²) in [7, 11) is 0. The molecule has 0 bridgehead atoms. The third kappa shape index (κ3) is 6.53. The van der Waals surface area contributed by atoms with Crippen LogP contribution in [-0.4, -0.2) is 62.3 Å². The summed E-state index contributed by atoms with van der Waals surface area (Å²) >= 11 is 1.32. The summed E-state index contributed by atoms with van der Waals surface area (Å²) in [6.45, 7) is 5.46. The third-order valence-corrected chi connectivity index (χ3v) is 7.20. The normalized spacial score (nSPS) is 20.6. The number of amides is 1. The minimum atomic E-state index is 0.111. The highest BCUT2D eigenvalue weighted by Crippen LogP contribution is 2.28. The maximum Gasteiger partial charge on any atom is 0.277 e. The molecule has 1 atom stereocenters. The number of carbonyl (C=O) groups excluding carboxylic acids is 1. The molecule has 0 unspecified atom stereocenters. The van der Waals surface area contributed by atoms with Crippen LogP contribution in [0.2, 0.25) is 0 Å². The van der Waals surface area contributed by atoms with Gasteiger partial charge in [-0.1, -0.05) is 37.1 Å². The van der Waals surface area contributed by atoms with E-state index in [1.54, 1.807) is 13.1 Å². The molecule has 2 aliphatic rings. The van der Waals surface area contributed by atoms with Gasteiger partial charge in [0, 0.05) is 45.0 Å². The highest BCUT2D eigenvalue weighted by atomic mass is 32.2. The Morgan fingerprint density at radius 3 is 2.84 bits per heavy atom. The average molecular weight is 444 g/mol. The van der Waals surface area contributed by atoms with Crippen LogP contribution in [0.5, 0.6) is 0 Å². The predicted molar refractivity (Wildman–Crippen MR) is 121 cm³/mol. The van der Waals surface area contributed by atoms with Gasteiger partial charge in [0.05, 0.1) is 5.75 Å². The number of aromatic nitrogens is 3. The average Bonchev–Trinajstić information content (AvgIpc) is 3.23. The lowest BCUT2D eigenvalue weighted by atomic mass is 9.90. The Kier molecular flexibility index (Phi) is 7.97. The van der Waals surface area contributed by atoms with Crippen molar-refractivity contribution in [3.63, 3.8) is 0 Å². The molecule has 2 aromatic heterocycles. The Labute approximate surface area is 189 Å². The Morgan fingerprint density at radius 2 is 2.10 bits per heavy atom. The van der Waals surface area contributed by atoms with Crippen molar-refractivity contribution in [1.82, 2.24) is 25.0 Å². The summed E-state index contributed by atoms with van der Waals surface area (Å²) in [5.74, 6) is 1.46. The fourth-order valence-electron chi connectivity index (χ4n) is 4.85. The first-order valence-corrected chi connectivity index (χ1v) is 12.5. The lowest BCUT2D eigenvalue weighted by molar-refractivity contribution is -0.130. The zero-order chi connectivity index (χ0) is 21.5. The number of nitrogens with zero attached hydrogens (tertiary/aromatic N) is 5. The first-order chi connectivity index (χ1) is 15.2. The molecule has 7 nitrogen and oxygen atoms in total. The van der Waals surface area contributed by atoms with E-state index in [0.717, 1.165) is 24.7 Å². The maximum absolute atomic E-state index is 13.2. The van der Waals surface area contributed by atoms with Crippen molar-refractivity contribution in [3.05, 3.63) is 36.0 Å². The van der Waals surface area contributed by atoms with Crippen molar-refractivity contribution >= 4 is 17.7 Å². The minimum Gasteiger partial charge on any atom is -0.416 e. The Morgan fingerprint density at radius 1 is 1.23 bits per heavy atom. The maximum atomic E-state index is 13.2. The number of aryl methyl sites for hydroxylation is 1. The molecule has 2 aromatic rings. The van der Waals surface area contributed by atoms with Crippen LogP contribution in [0.15, 0.2) is 34.2 Å². The number of likely N-dealkylation sites (tertiary alicyclic amines) is 1. The summed E-state index contributed by atoms with van der Waals surface area (Å²) in [5, 5.41) is 8.30. The zero-order valence-corrected chi connectivity index (χ0v) is 19.2. The van der Waals surface area contributed by atoms with Crippen molar-refractivity contribution < 1.29 is 9.21 Å². The summed E-state index contributed by atoms with van der Waals surface area (Å²) in [5.41, 5.74) is 1.06. The molecule has 31 heavy (non-hydrogen) atoms. The largest absolute Gasteiger partial charge is 0.416 e. The Balaban J connectivity index is 1.38. The van der Waals surface area contributed by atoms with Crippen molar-refractivity contribution in [2.75, 3.05) is 25.4 Å². The van der Waals surface area contributed by atoms with E-state index in [9.17, 15) is 4.79 Å². The highest BCUT2D eigenvalue weighted by molar-refractivity contribution is 7.99. The van der Waals surface area contributed by atoms with Crippen LogP contribution in [0.1, 0.15) is 56.4 Å². The van der Waals surface area contributed by atoms with E-state index >= 15 is 0 Å². The van der Waals surface area contributed by atoms with Crippen LogP contribution in [0.3, 0.4) is 0 Å². The van der Waals surface area contributed by atoms with E-state index in [2.05, 4.69) is 20.1 Å². The Bertz CT molecular complexity index is 824.